The van der Waals surface area contributed by atoms with Gasteiger partial charge in [-0.3, -0.25) is 0 Å². The second-order valence-corrected chi connectivity index (χ2v) is 4.89. The predicted molar refractivity (Wildman–Crippen MR) is 58.2 cm³/mol. The Bertz CT molecular complexity index is 166. The van der Waals surface area contributed by atoms with Gasteiger partial charge in [0.15, 0.2) is 0 Å². The van der Waals surface area contributed by atoms with E-state index in [0.29, 0.717) is 5.92 Å². The van der Waals surface area contributed by atoms with Crippen LogP contribution in [0.4, 0.5) is 0 Å². The maximum atomic E-state index is 9.45. The molecule has 1 saturated carbocycles. The minimum Gasteiger partial charge on any atom is -0.393 e. The summed E-state index contributed by atoms with van der Waals surface area (Å²) in [6, 6.07) is 0. The minimum absolute atomic E-state index is 0.185. The lowest BCUT2D eigenvalue weighted by Gasteiger charge is -2.41. The Morgan fingerprint density at radius 1 is 1.36 bits per heavy atom. The molecular weight excluding hydrogens is 176 g/mol. The van der Waals surface area contributed by atoms with Gasteiger partial charge in [-0.2, -0.15) is 0 Å². The molecule has 0 aromatic carbocycles. The summed E-state index contributed by atoms with van der Waals surface area (Å²) in [5.74, 6) is 1.45. The molecule has 0 radical (unpaired) electrons. The van der Waals surface area contributed by atoms with Crippen molar-refractivity contribution in [1.29, 1.82) is 0 Å². The van der Waals surface area contributed by atoms with E-state index in [1.54, 1.807) is 0 Å². The van der Waals surface area contributed by atoms with E-state index in [1.807, 2.05) is 0 Å². The summed E-state index contributed by atoms with van der Waals surface area (Å²) in [5, 5.41) is 9.45. The summed E-state index contributed by atoms with van der Waals surface area (Å²) in [7, 11) is 0. The van der Waals surface area contributed by atoms with Crippen molar-refractivity contribution in [3.63, 3.8) is 0 Å². The predicted octanol–water partition coefficient (Wildman–Crippen LogP) is 2.60. The van der Waals surface area contributed by atoms with E-state index in [1.165, 1.54) is 6.42 Å². The summed E-state index contributed by atoms with van der Waals surface area (Å²) in [5.41, 5.74) is -0.220. The maximum Gasteiger partial charge on any atom is 0.0914 e. The van der Waals surface area contributed by atoms with Crippen molar-refractivity contribution < 1.29 is 9.84 Å². The van der Waals surface area contributed by atoms with Gasteiger partial charge in [-0.05, 0) is 37.5 Å². The van der Waals surface area contributed by atoms with Crippen LogP contribution in [0.25, 0.3) is 0 Å². The first-order chi connectivity index (χ1) is 6.63. The smallest absolute Gasteiger partial charge is 0.0914 e. The Balaban J connectivity index is 2.52. The average molecular weight is 200 g/mol. The van der Waals surface area contributed by atoms with Gasteiger partial charge in [-0.25, -0.2) is 0 Å². The summed E-state index contributed by atoms with van der Waals surface area (Å²) in [6.07, 6.45) is 4.26. The van der Waals surface area contributed by atoms with Crippen LogP contribution in [0.2, 0.25) is 0 Å². The first-order valence-electron chi connectivity index (χ1n) is 5.88. The van der Waals surface area contributed by atoms with E-state index in [9.17, 15) is 5.11 Å². The molecule has 1 N–H and O–H groups in total. The topological polar surface area (TPSA) is 29.5 Å². The molecule has 0 aromatic heterocycles. The largest absolute Gasteiger partial charge is 0.393 e. The van der Waals surface area contributed by atoms with Crippen molar-refractivity contribution in [2.75, 3.05) is 13.2 Å². The maximum absolute atomic E-state index is 9.45. The van der Waals surface area contributed by atoms with Crippen LogP contribution in [0.3, 0.4) is 0 Å². The van der Waals surface area contributed by atoms with Gasteiger partial charge in [-0.15, -0.1) is 0 Å². The molecule has 2 heteroatoms. The summed E-state index contributed by atoms with van der Waals surface area (Å²) in [6.45, 7) is 7.64. The molecule has 0 heterocycles. The molecule has 1 rings (SSSR count). The van der Waals surface area contributed by atoms with E-state index in [0.717, 1.165) is 31.8 Å². The van der Waals surface area contributed by atoms with Gasteiger partial charge in [0.25, 0.3) is 0 Å². The lowest BCUT2D eigenvalue weighted by molar-refractivity contribution is -0.118. The SMILES string of the molecule is CCCOC1(CO)CCC(C)C(C)C1. The second-order valence-electron chi connectivity index (χ2n) is 4.89. The number of ether oxygens (including phenoxy) is 1. The standard InChI is InChI=1S/C12H24O2/c1-4-7-14-12(9-13)6-5-10(2)11(3)8-12/h10-11,13H,4-9H2,1-3H3. The zero-order valence-electron chi connectivity index (χ0n) is 9.75. The van der Waals surface area contributed by atoms with Crippen molar-refractivity contribution >= 4 is 0 Å². The van der Waals surface area contributed by atoms with Crippen molar-refractivity contribution in [1.82, 2.24) is 0 Å². The molecule has 0 saturated heterocycles. The normalized spacial score (nSPS) is 38.6. The van der Waals surface area contributed by atoms with E-state index in [-0.39, 0.29) is 12.2 Å². The zero-order valence-corrected chi connectivity index (χ0v) is 9.75. The Hall–Kier alpha value is -0.0800. The van der Waals surface area contributed by atoms with Crippen molar-refractivity contribution in [3.8, 4) is 0 Å². The lowest BCUT2D eigenvalue weighted by atomic mass is 9.73. The first kappa shape index (κ1) is 12.0. The van der Waals surface area contributed by atoms with Crippen LogP contribution in [0.5, 0.6) is 0 Å². The van der Waals surface area contributed by atoms with Gasteiger partial charge in [-0.1, -0.05) is 20.8 Å². The Labute approximate surface area is 87.7 Å². The number of hydrogen-bond donors (Lipinski definition) is 1. The number of aliphatic hydroxyl groups excluding tert-OH is 1. The van der Waals surface area contributed by atoms with Gasteiger partial charge < -0.3 is 9.84 Å². The molecule has 0 aliphatic heterocycles. The number of aliphatic hydroxyl groups is 1. The Morgan fingerprint density at radius 2 is 2.07 bits per heavy atom. The molecule has 84 valence electrons. The van der Waals surface area contributed by atoms with Crippen LogP contribution in [-0.4, -0.2) is 23.9 Å². The minimum atomic E-state index is -0.220. The van der Waals surface area contributed by atoms with E-state index in [2.05, 4.69) is 20.8 Å². The molecule has 2 nitrogen and oxygen atoms in total. The lowest BCUT2D eigenvalue weighted by Crippen LogP contribution is -2.43. The van der Waals surface area contributed by atoms with Crippen LogP contribution in [0.15, 0.2) is 0 Å². The van der Waals surface area contributed by atoms with Crippen LogP contribution < -0.4 is 0 Å². The summed E-state index contributed by atoms with van der Waals surface area (Å²) < 4.78 is 5.84. The highest BCUT2D eigenvalue weighted by molar-refractivity contribution is 4.89. The fourth-order valence-corrected chi connectivity index (χ4v) is 2.30. The molecule has 3 atom stereocenters. The quantitative estimate of drug-likeness (QED) is 0.756. The molecule has 14 heavy (non-hydrogen) atoms. The molecule has 1 fully saturated rings. The van der Waals surface area contributed by atoms with Crippen molar-refractivity contribution in [2.45, 2.75) is 52.1 Å². The van der Waals surface area contributed by atoms with Crippen LogP contribution in [-0.2, 0) is 4.74 Å². The van der Waals surface area contributed by atoms with Gasteiger partial charge in [0, 0.05) is 6.61 Å². The molecule has 1 aliphatic carbocycles. The molecule has 0 amide bonds. The fourth-order valence-electron chi connectivity index (χ4n) is 2.30. The third kappa shape index (κ3) is 2.71. The van der Waals surface area contributed by atoms with Gasteiger partial charge in [0.2, 0.25) is 0 Å². The highest BCUT2D eigenvalue weighted by Crippen LogP contribution is 2.38. The second kappa shape index (κ2) is 5.13. The molecule has 3 unspecified atom stereocenters. The molecule has 0 aromatic rings. The van der Waals surface area contributed by atoms with Crippen LogP contribution in [0.1, 0.15) is 46.5 Å². The Morgan fingerprint density at radius 3 is 2.57 bits per heavy atom. The highest BCUT2D eigenvalue weighted by Gasteiger charge is 2.37. The first-order valence-corrected chi connectivity index (χ1v) is 5.88. The van der Waals surface area contributed by atoms with Crippen LogP contribution >= 0.6 is 0 Å². The van der Waals surface area contributed by atoms with Crippen LogP contribution in [0, 0.1) is 11.8 Å². The van der Waals surface area contributed by atoms with Crippen molar-refractivity contribution in [3.05, 3.63) is 0 Å². The molecule has 0 spiro atoms. The Kier molecular flexibility index (Phi) is 4.39. The molecule has 1 aliphatic rings. The number of rotatable bonds is 4. The van der Waals surface area contributed by atoms with E-state index < -0.39 is 0 Å². The number of hydrogen-bond acceptors (Lipinski definition) is 2. The fraction of sp³-hybridized carbons (Fsp3) is 1.00. The summed E-state index contributed by atoms with van der Waals surface area (Å²) in [4.78, 5) is 0. The van der Waals surface area contributed by atoms with E-state index in [4.69, 9.17) is 4.74 Å². The van der Waals surface area contributed by atoms with E-state index >= 15 is 0 Å². The zero-order chi connectivity index (χ0) is 10.6. The molecular formula is C12H24O2. The third-order valence-electron chi connectivity index (χ3n) is 3.62. The third-order valence-corrected chi connectivity index (χ3v) is 3.62. The van der Waals surface area contributed by atoms with Gasteiger partial charge in [0.05, 0.1) is 12.2 Å². The highest BCUT2D eigenvalue weighted by atomic mass is 16.5. The van der Waals surface area contributed by atoms with Gasteiger partial charge in [0.1, 0.15) is 0 Å². The van der Waals surface area contributed by atoms with Gasteiger partial charge >= 0.3 is 0 Å². The monoisotopic (exact) mass is 200 g/mol. The summed E-state index contributed by atoms with van der Waals surface area (Å²) >= 11 is 0. The molecule has 0 bridgehead atoms. The van der Waals surface area contributed by atoms with Crippen molar-refractivity contribution in [2.24, 2.45) is 11.8 Å². The average Bonchev–Trinajstić information content (AvgIpc) is 2.20.